The van der Waals surface area contributed by atoms with Crippen LogP contribution in [-0.2, 0) is 17.5 Å². The van der Waals surface area contributed by atoms with Crippen molar-refractivity contribution in [2.75, 3.05) is 0 Å². The van der Waals surface area contributed by atoms with E-state index in [2.05, 4.69) is 5.10 Å². The molecule has 1 aliphatic rings. The van der Waals surface area contributed by atoms with Crippen molar-refractivity contribution in [2.45, 2.75) is 19.1 Å². The molecule has 1 heterocycles. The highest BCUT2D eigenvalue weighted by Gasteiger charge is 2.33. The van der Waals surface area contributed by atoms with Gasteiger partial charge in [0.1, 0.15) is 0 Å². The van der Waals surface area contributed by atoms with Gasteiger partial charge in [-0.3, -0.25) is 4.79 Å². The van der Waals surface area contributed by atoms with E-state index in [0.717, 1.165) is 11.1 Å². The molecular weight excluding hydrogens is 269 g/mol. The molecule has 0 aliphatic carbocycles. The Hall–Kier alpha value is -1.56. The van der Waals surface area contributed by atoms with Crippen LogP contribution in [0.3, 0.4) is 0 Å². The van der Waals surface area contributed by atoms with Crippen LogP contribution in [0.25, 0.3) is 0 Å². The van der Waals surface area contributed by atoms with Gasteiger partial charge in [0.05, 0.1) is 23.6 Å². The predicted octanol–water partition coefficient (Wildman–Crippen LogP) is 3.08. The van der Waals surface area contributed by atoms with E-state index in [9.17, 15) is 18.0 Å². The number of carbonyl (C=O) groups is 1. The van der Waals surface area contributed by atoms with Crippen LogP contribution in [0.4, 0.5) is 13.2 Å². The first kappa shape index (κ1) is 12.9. The van der Waals surface area contributed by atoms with Crippen LogP contribution in [0.2, 0.25) is 5.02 Å². The molecule has 1 aliphatic heterocycles. The topological polar surface area (TPSA) is 32.7 Å². The standard InChI is InChI=1S/C11H8ClF3N2O/c12-9-2-1-7(5-8(9)11(13,14)15)6-17-10(18)3-4-16-17/h1-2,4-5H,3,6H2. The van der Waals surface area contributed by atoms with Crippen molar-refractivity contribution in [1.82, 2.24) is 5.01 Å². The van der Waals surface area contributed by atoms with E-state index in [1.807, 2.05) is 0 Å². The van der Waals surface area contributed by atoms with E-state index in [1.54, 1.807) is 0 Å². The maximum absolute atomic E-state index is 12.6. The Morgan fingerprint density at radius 2 is 2.11 bits per heavy atom. The van der Waals surface area contributed by atoms with Gasteiger partial charge in [0.2, 0.25) is 5.91 Å². The average Bonchev–Trinajstić information content (AvgIpc) is 2.66. The normalized spacial score (nSPS) is 15.6. The molecule has 0 spiro atoms. The molecule has 1 amide bonds. The molecule has 0 bridgehead atoms. The number of amides is 1. The Morgan fingerprint density at radius 1 is 1.39 bits per heavy atom. The summed E-state index contributed by atoms with van der Waals surface area (Å²) < 4.78 is 37.9. The SMILES string of the molecule is O=C1CC=NN1Cc1ccc(Cl)c(C(F)(F)F)c1. The van der Waals surface area contributed by atoms with Gasteiger partial charge < -0.3 is 0 Å². The number of rotatable bonds is 2. The molecule has 96 valence electrons. The number of alkyl halides is 3. The van der Waals surface area contributed by atoms with Gasteiger partial charge in [0.15, 0.2) is 0 Å². The molecule has 0 N–H and O–H groups in total. The predicted molar refractivity (Wildman–Crippen MR) is 60.1 cm³/mol. The molecule has 1 aromatic carbocycles. The first-order valence-corrected chi connectivity index (χ1v) is 5.44. The average molecular weight is 277 g/mol. The highest BCUT2D eigenvalue weighted by molar-refractivity contribution is 6.31. The van der Waals surface area contributed by atoms with Crippen molar-refractivity contribution in [3.05, 3.63) is 34.3 Å². The number of nitrogens with zero attached hydrogens (tertiary/aromatic N) is 2. The Labute approximate surface area is 106 Å². The van der Waals surface area contributed by atoms with Gasteiger partial charge in [-0.1, -0.05) is 17.7 Å². The highest BCUT2D eigenvalue weighted by Crippen LogP contribution is 2.35. The summed E-state index contributed by atoms with van der Waals surface area (Å²) in [4.78, 5) is 11.3. The summed E-state index contributed by atoms with van der Waals surface area (Å²) in [5.74, 6) is -0.237. The summed E-state index contributed by atoms with van der Waals surface area (Å²) in [7, 11) is 0. The van der Waals surface area contributed by atoms with Crippen molar-refractivity contribution in [3.63, 3.8) is 0 Å². The first-order valence-electron chi connectivity index (χ1n) is 5.06. The fourth-order valence-corrected chi connectivity index (χ4v) is 1.80. The second-order valence-electron chi connectivity index (χ2n) is 3.77. The summed E-state index contributed by atoms with van der Waals surface area (Å²) in [5, 5.41) is 4.54. The van der Waals surface area contributed by atoms with Gasteiger partial charge in [0.25, 0.3) is 0 Å². The number of hydrazone groups is 1. The van der Waals surface area contributed by atoms with Gasteiger partial charge in [-0.2, -0.15) is 18.3 Å². The number of hydrogen-bond donors (Lipinski definition) is 0. The summed E-state index contributed by atoms with van der Waals surface area (Å²) in [6.45, 7) is 0.00951. The Morgan fingerprint density at radius 3 is 2.67 bits per heavy atom. The molecule has 1 aromatic rings. The van der Waals surface area contributed by atoms with E-state index in [-0.39, 0.29) is 23.9 Å². The van der Waals surface area contributed by atoms with Gasteiger partial charge in [-0.15, -0.1) is 0 Å². The molecule has 0 fully saturated rings. The fraction of sp³-hybridized carbons (Fsp3) is 0.273. The lowest BCUT2D eigenvalue weighted by molar-refractivity contribution is -0.137. The van der Waals surface area contributed by atoms with Crippen LogP contribution in [0.5, 0.6) is 0 Å². The minimum Gasteiger partial charge on any atom is -0.273 e. The third-order valence-corrected chi connectivity index (χ3v) is 2.77. The lowest BCUT2D eigenvalue weighted by Gasteiger charge is -2.14. The van der Waals surface area contributed by atoms with Crippen LogP contribution in [0.1, 0.15) is 17.5 Å². The molecule has 0 saturated heterocycles. The minimum absolute atomic E-state index is 0.00951. The zero-order valence-electron chi connectivity index (χ0n) is 9.04. The number of carbonyl (C=O) groups excluding carboxylic acids is 1. The van der Waals surface area contributed by atoms with E-state index in [0.29, 0.717) is 5.56 Å². The molecule has 0 radical (unpaired) electrons. The van der Waals surface area contributed by atoms with Gasteiger partial charge in [-0.05, 0) is 17.7 Å². The molecule has 0 aromatic heterocycles. The zero-order chi connectivity index (χ0) is 13.3. The van der Waals surface area contributed by atoms with Crippen LogP contribution < -0.4 is 0 Å². The zero-order valence-corrected chi connectivity index (χ0v) is 9.79. The molecule has 0 atom stereocenters. The third kappa shape index (κ3) is 2.64. The smallest absolute Gasteiger partial charge is 0.273 e. The minimum atomic E-state index is -4.51. The van der Waals surface area contributed by atoms with Gasteiger partial charge in [0, 0.05) is 6.21 Å². The third-order valence-electron chi connectivity index (χ3n) is 2.44. The van der Waals surface area contributed by atoms with Gasteiger partial charge >= 0.3 is 6.18 Å². The van der Waals surface area contributed by atoms with E-state index >= 15 is 0 Å². The summed E-state index contributed by atoms with van der Waals surface area (Å²) in [6.07, 6.45) is -2.91. The van der Waals surface area contributed by atoms with Crippen molar-refractivity contribution in [2.24, 2.45) is 5.10 Å². The lowest BCUT2D eigenvalue weighted by Crippen LogP contribution is -2.20. The summed E-state index contributed by atoms with van der Waals surface area (Å²) >= 11 is 5.50. The lowest BCUT2D eigenvalue weighted by atomic mass is 10.1. The van der Waals surface area contributed by atoms with Crippen LogP contribution in [-0.4, -0.2) is 17.1 Å². The maximum Gasteiger partial charge on any atom is 0.417 e. The van der Waals surface area contributed by atoms with Crippen LogP contribution in [0.15, 0.2) is 23.3 Å². The number of hydrogen-bond acceptors (Lipinski definition) is 2. The van der Waals surface area contributed by atoms with Crippen molar-refractivity contribution in [1.29, 1.82) is 0 Å². The second-order valence-corrected chi connectivity index (χ2v) is 4.17. The van der Waals surface area contributed by atoms with Crippen molar-refractivity contribution in [3.8, 4) is 0 Å². The van der Waals surface area contributed by atoms with Crippen molar-refractivity contribution < 1.29 is 18.0 Å². The molecule has 3 nitrogen and oxygen atoms in total. The van der Waals surface area contributed by atoms with Gasteiger partial charge in [-0.25, -0.2) is 5.01 Å². The Balaban J connectivity index is 2.25. The maximum atomic E-state index is 12.6. The molecule has 7 heteroatoms. The molecule has 2 rings (SSSR count). The monoisotopic (exact) mass is 276 g/mol. The largest absolute Gasteiger partial charge is 0.417 e. The van der Waals surface area contributed by atoms with E-state index in [4.69, 9.17) is 11.6 Å². The number of benzene rings is 1. The second kappa shape index (κ2) is 4.61. The highest BCUT2D eigenvalue weighted by atomic mass is 35.5. The molecule has 0 unspecified atom stereocenters. The Bertz CT molecular complexity index is 514. The van der Waals surface area contributed by atoms with Crippen LogP contribution in [0, 0.1) is 0 Å². The fourth-order valence-electron chi connectivity index (χ4n) is 1.58. The summed E-state index contributed by atoms with van der Waals surface area (Å²) in [6, 6.07) is 3.55. The van der Waals surface area contributed by atoms with E-state index in [1.165, 1.54) is 18.3 Å². The summed E-state index contributed by atoms with van der Waals surface area (Å²) in [5.41, 5.74) is -0.573. The molecule has 18 heavy (non-hydrogen) atoms. The first-order chi connectivity index (χ1) is 8.38. The molecular formula is C11H8ClF3N2O. The quantitative estimate of drug-likeness (QED) is 0.817. The van der Waals surface area contributed by atoms with Crippen molar-refractivity contribution >= 4 is 23.7 Å². The van der Waals surface area contributed by atoms with Crippen LogP contribution >= 0.6 is 11.6 Å². The Kier molecular flexibility index (Phi) is 3.30. The number of halogens is 4. The van der Waals surface area contributed by atoms with E-state index < -0.39 is 11.7 Å². The molecule has 0 saturated carbocycles.